The number of rotatable bonds is 6. The summed E-state index contributed by atoms with van der Waals surface area (Å²) in [5.74, 6) is 1.05. The Hall–Kier alpha value is -3.65. The quantitative estimate of drug-likeness (QED) is 0.335. The van der Waals surface area contributed by atoms with Gasteiger partial charge in [0, 0.05) is 29.7 Å². The molecule has 8 heteroatoms. The minimum absolute atomic E-state index is 0.165. The number of hydrogen-bond acceptors (Lipinski definition) is 7. The molecule has 218 valence electrons. The van der Waals surface area contributed by atoms with E-state index in [4.69, 9.17) is 14.7 Å². The highest BCUT2D eigenvalue weighted by Gasteiger charge is 2.45. The first kappa shape index (κ1) is 26.0. The molecule has 0 saturated carbocycles. The zero-order valence-electron chi connectivity index (χ0n) is 24.7. The Balaban J connectivity index is 1.16. The molecule has 0 radical (unpaired) electrons. The van der Waals surface area contributed by atoms with Gasteiger partial charge in [0.1, 0.15) is 12.4 Å². The third-order valence-electron chi connectivity index (χ3n) is 10.3. The van der Waals surface area contributed by atoms with E-state index in [1.165, 1.54) is 77.7 Å². The monoisotopic (exact) mass is 563 g/mol. The molecule has 0 unspecified atom stereocenters. The molecule has 0 amide bonds. The maximum Gasteiger partial charge on any atom is 0.318 e. The van der Waals surface area contributed by atoms with Crippen LogP contribution in [0.2, 0.25) is 0 Å². The molecule has 42 heavy (non-hydrogen) atoms. The number of fused-ring (bicyclic) bond motifs is 4. The van der Waals surface area contributed by atoms with Gasteiger partial charge in [-0.3, -0.25) is 4.90 Å². The van der Waals surface area contributed by atoms with E-state index in [2.05, 4.69) is 68.0 Å². The summed E-state index contributed by atoms with van der Waals surface area (Å²) >= 11 is 0. The minimum Gasteiger partial charge on any atom is -0.461 e. The maximum absolute atomic E-state index is 6.60. The Morgan fingerprint density at radius 1 is 0.881 bits per heavy atom. The van der Waals surface area contributed by atoms with Crippen molar-refractivity contribution < 1.29 is 4.74 Å². The van der Waals surface area contributed by atoms with Gasteiger partial charge >= 0.3 is 6.01 Å². The highest BCUT2D eigenvalue weighted by Crippen LogP contribution is 2.40. The second kappa shape index (κ2) is 10.6. The molecule has 0 spiro atoms. The van der Waals surface area contributed by atoms with E-state index >= 15 is 0 Å². The van der Waals surface area contributed by atoms with E-state index in [-0.39, 0.29) is 5.54 Å². The lowest BCUT2D eigenvalue weighted by atomic mass is 9.95. The normalized spacial score (nSPS) is 19.9. The van der Waals surface area contributed by atoms with Crippen molar-refractivity contribution in [3.8, 4) is 6.01 Å². The van der Waals surface area contributed by atoms with Crippen LogP contribution >= 0.6 is 0 Å². The smallest absolute Gasteiger partial charge is 0.318 e. The first-order chi connectivity index (χ1) is 20.7. The van der Waals surface area contributed by atoms with Gasteiger partial charge in [0.15, 0.2) is 0 Å². The molecule has 8 rings (SSSR count). The first-order valence-corrected chi connectivity index (χ1v) is 16.0. The van der Waals surface area contributed by atoms with E-state index in [9.17, 15) is 0 Å². The van der Waals surface area contributed by atoms with Crippen molar-refractivity contribution in [1.82, 2.24) is 24.8 Å². The Kier molecular flexibility index (Phi) is 6.54. The van der Waals surface area contributed by atoms with Crippen LogP contribution in [0.3, 0.4) is 0 Å². The molecule has 8 nitrogen and oxygen atoms in total. The van der Waals surface area contributed by atoms with Crippen molar-refractivity contribution in [2.45, 2.75) is 76.9 Å². The molecule has 0 atom stereocenters. The molecule has 6 heterocycles. The van der Waals surface area contributed by atoms with Crippen LogP contribution in [0.4, 0.5) is 11.5 Å². The highest BCUT2D eigenvalue weighted by atomic mass is 16.5. The van der Waals surface area contributed by atoms with Crippen LogP contribution in [0.5, 0.6) is 6.01 Å². The zero-order chi connectivity index (χ0) is 28.1. The van der Waals surface area contributed by atoms with E-state index in [0.29, 0.717) is 12.6 Å². The molecule has 4 aliphatic heterocycles. The van der Waals surface area contributed by atoms with Crippen molar-refractivity contribution in [1.29, 1.82) is 0 Å². The van der Waals surface area contributed by atoms with E-state index in [1.807, 2.05) is 6.33 Å². The highest BCUT2D eigenvalue weighted by molar-refractivity contribution is 5.97. The van der Waals surface area contributed by atoms with Crippen LogP contribution in [-0.2, 0) is 32.4 Å². The fourth-order valence-electron chi connectivity index (χ4n) is 8.13. The third kappa shape index (κ3) is 4.42. The van der Waals surface area contributed by atoms with Crippen molar-refractivity contribution in [3.05, 3.63) is 70.9 Å². The van der Waals surface area contributed by atoms with Crippen LogP contribution in [0.25, 0.3) is 10.8 Å². The van der Waals surface area contributed by atoms with Gasteiger partial charge in [-0.2, -0.15) is 9.97 Å². The zero-order valence-corrected chi connectivity index (χ0v) is 24.7. The molecule has 4 aliphatic rings. The van der Waals surface area contributed by atoms with Crippen molar-refractivity contribution in [3.63, 3.8) is 0 Å². The second-order valence-electron chi connectivity index (χ2n) is 12.6. The molecule has 4 aromatic rings. The Labute approximate surface area is 248 Å². The molecule has 0 bridgehead atoms. The number of nitrogens with one attached hydrogen (secondary N) is 1. The summed E-state index contributed by atoms with van der Waals surface area (Å²) in [7, 11) is 0. The number of aromatic amines is 1. The summed E-state index contributed by atoms with van der Waals surface area (Å²) in [4.78, 5) is 25.9. The number of benzene rings is 2. The van der Waals surface area contributed by atoms with E-state index in [1.54, 1.807) is 0 Å². The molecule has 1 N–H and O–H groups in total. The standard InChI is InChI=1S/C34H41N7O/c1-2-24-8-3-9-25-10-4-12-30(31(24)25)39-19-13-26-28(20-39)37-33(42-22-34-14-6-17-41(34)18-7-15-34)38-32(26)40-16-5-11-27-29(21-40)36-23-35-27/h3-4,8-10,12,23H,2,5-7,11,13-22H2,1H3,(H,35,36). The van der Waals surface area contributed by atoms with Crippen LogP contribution in [-0.4, -0.2) is 63.2 Å². The average molecular weight is 564 g/mol. The summed E-state index contributed by atoms with van der Waals surface area (Å²) in [6.07, 6.45) is 10.8. The largest absolute Gasteiger partial charge is 0.461 e. The number of anilines is 2. The van der Waals surface area contributed by atoms with E-state index in [0.717, 1.165) is 63.4 Å². The number of imidazole rings is 1. The number of aryl methyl sites for hydroxylation is 2. The van der Waals surface area contributed by atoms with Crippen LogP contribution in [0.1, 0.15) is 67.2 Å². The predicted octanol–water partition coefficient (Wildman–Crippen LogP) is 5.44. The number of aromatic nitrogens is 4. The maximum atomic E-state index is 6.60. The fourth-order valence-corrected chi connectivity index (χ4v) is 8.13. The van der Waals surface area contributed by atoms with Gasteiger partial charge in [0.2, 0.25) is 0 Å². The lowest BCUT2D eigenvalue weighted by Crippen LogP contribution is -2.43. The number of ether oxygens (including phenoxy) is 1. The molecule has 2 fully saturated rings. The summed E-state index contributed by atoms with van der Waals surface area (Å²) in [6, 6.07) is 13.9. The topological polar surface area (TPSA) is 73.4 Å². The van der Waals surface area contributed by atoms with Crippen molar-refractivity contribution >= 4 is 22.3 Å². The Morgan fingerprint density at radius 2 is 1.74 bits per heavy atom. The fraction of sp³-hybridized carbons (Fsp3) is 0.500. The van der Waals surface area contributed by atoms with Gasteiger partial charge in [0.05, 0.1) is 42.0 Å². The first-order valence-electron chi connectivity index (χ1n) is 16.0. The molecule has 2 aromatic heterocycles. The predicted molar refractivity (Wildman–Crippen MR) is 166 cm³/mol. The van der Waals surface area contributed by atoms with Crippen LogP contribution < -0.4 is 14.5 Å². The lowest BCUT2D eigenvalue weighted by Gasteiger charge is -2.35. The molecule has 0 aliphatic carbocycles. The van der Waals surface area contributed by atoms with Gasteiger partial charge in [-0.05, 0) is 81.5 Å². The van der Waals surface area contributed by atoms with Crippen LogP contribution in [0, 0.1) is 0 Å². The number of H-pyrrole nitrogens is 1. The summed E-state index contributed by atoms with van der Waals surface area (Å²) < 4.78 is 6.60. The summed E-state index contributed by atoms with van der Waals surface area (Å²) in [5.41, 5.74) is 7.65. The summed E-state index contributed by atoms with van der Waals surface area (Å²) in [6.45, 7) is 8.78. The van der Waals surface area contributed by atoms with Crippen molar-refractivity contribution in [2.75, 3.05) is 42.6 Å². The van der Waals surface area contributed by atoms with E-state index < -0.39 is 0 Å². The second-order valence-corrected chi connectivity index (χ2v) is 12.6. The molecular weight excluding hydrogens is 522 g/mol. The molecular formula is C34H41N7O. The third-order valence-corrected chi connectivity index (χ3v) is 10.3. The Bertz CT molecular complexity index is 1600. The lowest BCUT2D eigenvalue weighted by molar-refractivity contribution is 0.107. The van der Waals surface area contributed by atoms with Gasteiger partial charge in [-0.25, -0.2) is 4.98 Å². The minimum atomic E-state index is 0.165. The van der Waals surface area contributed by atoms with Crippen molar-refractivity contribution in [2.24, 2.45) is 0 Å². The van der Waals surface area contributed by atoms with Gasteiger partial charge in [-0.1, -0.05) is 37.3 Å². The van der Waals surface area contributed by atoms with Gasteiger partial charge < -0.3 is 19.5 Å². The van der Waals surface area contributed by atoms with Gasteiger partial charge in [0.25, 0.3) is 0 Å². The Morgan fingerprint density at radius 3 is 2.60 bits per heavy atom. The average Bonchev–Trinajstić information content (AvgIpc) is 3.71. The number of hydrogen-bond donors (Lipinski definition) is 1. The number of nitrogens with zero attached hydrogens (tertiary/aromatic N) is 6. The molecule has 2 aromatic carbocycles. The van der Waals surface area contributed by atoms with Gasteiger partial charge in [-0.15, -0.1) is 0 Å². The molecule has 2 saturated heterocycles. The summed E-state index contributed by atoms with van der Waals surface area (Å²) in [5, 5.41) is 2.68. The SMILES string of the molecule is CCc1cccc2cccc(N3CCc4c(nc(OCC56CCCN5CCC6)nc4N4CCCc5nc[nH]c5C4)C3)c12. The van der Waals surface area contributed by atoms with Crippen LogP contribution in [0.15, 0.2) is 42.7 Å².